The number of methoxy groups -OCH3 is 1. The lowest BCUT2D eigenvalue weighted by Gasteiger charge is -2.08. The minimum atomic E-state index is -0.779. The van der Waals surface area contributed by atoms with Crippen LogP contribution in [0.15, 0.2) is 70.4 Å². The molecule has 32 heavy (non-hydrogen) atoms. The number of ether oxygens (including phenoxy) is 3. The number of benzene rings is 2. The molecule has 0 aliphatic carbocycles. The van der Waals surface area contributed by atoms with E-state index in [0.29, 0.717) is 24.2 Å². The molecule has 0 saturated carbocycles. The van der Waals surface area contributed by atoms with Gasteiger partial charge in [0.2, 0.25) is 0 Å². The van der Waals surface area contributed by atoms with Crippen molar-refractivity contribution >= 4 is 22.8 Å². The van der Waals surface area contributed by atoms with Gasteiger partial charge in [-0.05, 0) is 48.9 Å². The number of esters is 1. The average molecular weight is 437 g/mol. The lowest BCUT2D eigenvalue weighted by atomic mass is 10.1. The number of nitrogens with one attached hydrogen (secondary N) is 1. The van der Waals surface area contributed by atoms with Gasteiger partial charge >= 0.3 is 11.6 Å². The van der Waals surface area contributed by atoms with Gasteiger partial charge in [-0.3, -0.25) is 9.59 Å². The SMILES string of the molecule is C=CCNC(=O)c1cc2ccc(OC(=O)CCCOc3ccc(OC)cc3)cc2oc1=O. The first-order valence-corrected chi connectivity index (χ1v) is 9.94. The first-order valence-electron chi connectivity index (χ1n) is 9.94. The number of fused-ring (bicyclic) bond motifs is 1. The molecule has 0 radical (unpaired) electrons. The van der Waals surface area contributed by atoms with Crippen molar-refractivity contribution in [2.75, 3.05) is 20.3 Å². The Kier molecular flexibility index (Phi) is 7.64. The van der Waals surface area contributed by atoms with Crippen LogP contribution in [0.1, 0.15) is 23.2 Å². The molecule has 1 aromatic heterocycles. The Morgan fingerprint density at radius 3 is 2.50 bits per heavy atom. The molecule has 0 atom stereocenters. The average Bonchev–Trinajstić information content (AvgIpc) is 2.80. The molecule has 1 heterocycles. The molecular weight excluding hydrogens is 414 g/mol. The maximum atomic E-state index is 12.1. The number of amides is 1. The van der Waals surface area contributed by atoms with E-state index in [9.17, 15) is 14.4 Å². The van der Waals surface area contributed by atoms with Gasteiger partial charge in [-0.2, -0.15) is 0 Å². The van der Waals surface area contributed by atoms with Crippen molar-refractivity contribution in [3.8, 4) is 17.2 Å². The molecule has 0 saturated heterocycles. The third-order valence-electron chi connectivity index (χ3n) is 4.44. The quantitative estimate of drug-likeness (QED) is 0.170. The Morgan fingerprint density at radius 2 is 1.78 bits per heavy atom. The van der Waals surface area contributed by atoms with Gasteiger partial charge in [-0.25, -0.2) is 4.79 Å². The van der Waals surface area contributed by atoms with Crippen molar-refractivity contribution in [3.05, 3.63) is 77.2 Å². The van der Waals surface area contributed by atoms with Crippen molar-refractivity contribution in [2.45, 2.75) is 12.8 Å². The van der Waals surface area contributed by atoms with Gasteiger partial charge < -0.3 is 23.9 Å². The van der Waals surface area contributed by atoms with Crippen molar-refractivity contribution in [1.29, 1.82) is 0 Å². The predicted octanol–water partition coefficient (Wildman–Crippen LogP) is 3.48. The Morgan fingerprint density at radius 1 is 1.06 bits per heavy atom. The molecule has 1 N–H and O–H groups in total. The van der Waals surface area contributed by atoms with Crippen LogP contribution >= 0.6 is 0 Å². The molecule has 0 aliphatic rings. The number of carbonyl (C=O) groups excluding carboxylic acids is 2. The standard InChI is InChI=1S/C24H23NO7/c1-3-12-25-23(27)20-14-16-6-7-19(15-21(16)32-24(20)28)31-22(26)5-4-13-30-18-10-8-17(29-2)9-11-18/h3,6-11,14-15H,1,4-5,12-13H2,2H3,(H,25,27). The fourth-order valence-electron chi connectivity index (χ4n) is 2.83. The number of hydrogen-bond acceptors (Lipinski definition) is 7. The summed E-state index contributed by atoms with van der Waals surface area (Å²) >= 11 is 0. The maximum absolute atomic E-state index is 12.1. The fraction of sp³-hybridized carbons (Fsp3) is 0.208. The molecule has 0 aliphatic heterocycles. The van der Waals surface area contributed by atoms with Crippen LogP contribution in [0.25, 0.3) is 11.0 Å². The largest absolute Gasteiger partial charge is 0.497 e. The zero-order valence-electron chi connectivity index (χ0n) is 17.6. The number of carbonyl (C=O) groups is 2. The highest BCUT2D eigenvalue weighted by atomic mass is 16.5. The van der Waals surface area contributed by atoms with Crippen LogP contribution < -0.4 is 25.2 Å². The van der Waals surface area contributed by atoms with E-state index in [-0.39, 0.29) is 29.9 Å². The summed E-state index contributed by atoms with van der Waals surface area (Å²) in [6.45, 7) is 4.09. The van der Waals surface area contributed by atoms with Crippen LogP contribution in [0.2, 0.25) is 0 Å². The summed E-state index contributed by atoms with van der Waals surface area (Å²) in [6, 6.07) is 13.2. The lowest BCUT2D eigenvalue weighted by Crippen LogP contribution is -2.28. The molecule has 3 aromatic rings. The highest BCUT2D eigenvalue weighted by Gasteiger charge is 2.14. The second-order valence-electron chi connectivity index (χ2n) is 6.75. The topological polar surface area (TPSA) is 104 Å². The predicted molar refractivity (Wildman–Crippen MR) is 118 cm³/mol. The fourth-order valence-corrected chi connectivity index (χ4v) is 2.83. The van der Waals surface area contributed by atoms with E-state index < -0.39 is 17.5 Å². The Balaban J connectivity index is 1.54. The molecule has 166 valence electrons. The summed E-state index contributed by atoms with van der Waals surface area (Å²) < 4.78 is 21.2. The van der Waals surface area contributed by atoms with Crippen LogP contribution in [-0.4, -0.2) is 32.1 Å². The number of hydrogen-bond donors (Lipinski definition) is 1. The van der Waals surface area contributed by atoms with E-state index in [4.69, 9.17) is 18.6 Å². The Labute approximate surface area is 184 Å². The summed E-state index contributed by atoms with van der Waals surface area (Å²) in [5, 5.41) is 3.06. The zero-order chi connectivity index (χ0) is 22.9. The van der Waals surface area contributed by atoms with Gasteiger partial charge in [-0.15, -0.1) is 6.58 Å². The highest BCUT2D eigenvalue weighted by molar-refractivity contribution is 5.96. The third-order valence-corrected chi connectivity index (χ3v) is 4.44. The van der Waals surface area contributed by atoms with E-state index in [2.05, 4.69) is 11.9 Å². The number of rotatable bonds is 10. The summed E-state index contributed by atoms with van der Waals surface area (Å²) in [5.74, 6) is 0.671. The van der Waals surface area contributed by atoms with Crippen molar-refractivity contribution in [3.63, 3.8) is 0 Å². The van der Waals surface area contributed by atoms with Gasteiger partial charge in [-0.1, -0.05) is 6.08 Å². The van der Waals surface area contributed by atoms with E-state index >= 15 is 0 Å². The van der Waals surface area contributed by atoms with Gasteiger partial charge in [0.1, 0.15) is 28.4 Å². The molecule has 8 heteroatoms. The molecule has 1 amide bonds. The van der Waals surface area contributed by atoms with Crippen LogP contribution in [-0.2, 0) is 4.79 Å². The van der Waals surface area contributed by atoms with Gasteiger partial charge in [0.15, 0.2) is 0 Å². The minimum Gasteiger partial charge on any atom is -0.497 e. The van der Waals surface area contributed by atoms with Crippen LogP contribution in [0.3, 0.4) is 0 Å². The summed E-state index contributed by atoms with van der Waals surface area (Å²) in [6.07, 6.45) is 2.13. The lowest BCUT2D eigenvalue weighted by molar-refractivity contribution is -0.134. The van der Waals surface area contributed by atoms with Crippen molar-refractivity contribution < 1.29 is 28.2 Å². The van der Waals surface area contributed by atoms with Crippen LogP contribution in [0, 0.1) is 0 Å². The van der Waals surface area contributed by atoms with Crippen LogP contribution in [0.5, 0.6) is 17.2 Å². The molecule has 0 spiro atoms. The minimum absolute atomic E-state index is 0.110. The molecule has 0 bridgehead atoms. The van der Waals surface area contributed by atoms with Crippen LogP contribution in [0.4, 0.5) is 0 Å². The molecule has 8 nitrogen and oxygen atoms in total. The summed E-state index contributed by atoms with van der Waals surface area (Å²) in [4.78, 5) is 36.2. The zero-order valence-corrected chi connectivity index (χ0v) is 17.6. The molecule has 0 unspecified atom stereocenters. The highest BCUT2D eigenvalue weighted by Crippen LogP contribution is 2.21. The van der Waals surface area contributed by atoms with Gasteiger partial charge in [0.05, 0.1) is 13.7 Å². The second-order valence-corrected chi connectivity index (χ2v) is 6.75. The first kappa shape index (κ1) is 22.6. The van der Waals surface area contributed by atoms with E-state index in [1.165, 1.54) is 18.2 Å². The van der Waals surface area contributed by atoms with E-state index in [1.807, 2.05) is 0 Å². The Hall–Kier alpha value is -4.07. The van der Waals surface area contributed by atoms with E-state index in [0.717, 1.165) is 5.75 Å². The van der Waals surface area contributed by atoms with E-state index in [1.54, 1.807) is 43.5 Å². The monoisotopic (exact) mass is 437 g/mol. The van der Waals surface area contributed by atoms with Gasteiger partial charge in [0.25, 0.3) is 5.91 Å². The van der Waals surface area contributed by atoms with Crippen molar-refractivity contribution in [2.24, 2.45) is 0 Å². The molecule has 0 fully saturated rings. The normalized spacial score (nSPS) is 10.4. The summed E-state index contributed by atoms with van der Waals surface area (Å²) in [7, 11) is 1.59. The van der Waals surface area contributed by atoms with Crippen molar-refractivity contribution in [1.82, 2.24) is 5.32 Å². The maximum Gasteiger partial charge on any atom is 0.349 e. The molecular formula is C24H23NO7. The third kappa shape index (κ3) is 5.98. The first-order chi connectivity index (χ1) is 15.5. The Bertz CT molecular complexity index is 1170. The molecule has 2 aromatic carbocycles. The molecule has 3 rings (SSSR count). The second kappa shape index (κ2) is 10.8. The smallest absolute Gasteiger partial charge is 0.349 e. The summed E-state index contributed by atoms with van der Waals surface area (Å²) in [5.41, 5.74) is -0.678. The van der Waals surface area contributed by atoms with Gasteiger partial charge in [0, 0.05) is 24.4 Å².